The number of thioether (sulfide) groups is 1. The minimum Gasteiger partial charge on any atom is -0.337 e. The Balaban J connectivity index is 1.61. The first-order valence-electron chi connectivity index (χ1n) is 10.0. The summed E-state index contributed by atoms with van der Waals surface area (Å²) in [6.45, 7) is 5.15. The maximum atomic E-state index is 13.2. The fraction of sp³-hybridized carbons (Fsp3) is 0.944. The monoisotopic (exact) mass is 403 g/mol. The summed E-state index contributed by atoms with van der Waals surface area (Å²) in [6.07, 6.45) is 7.52. The van der Waals surface area contributed by atoms with Crippen LogP contribution in [0.25, 0.3) is 0 Å². The highest BCUT2D eigenvalue weighted by Crippen LogP contribution is 2.26. The van der Waals surface area contributed by atoms with Gasteiger partial charge in [-0.3, -0.25) is 4.79 Å². The van der Waals surface area contributed by atoms with Gasteiger partial charge in [-0.25, -0.2) is 12.7 Å². The molecule has 0 aliphatic carbocycles. The van der Waals surface area contributed by atoms with Crippen LogP contribution in [0.5, 0.6) is 0 Å². The summed E-state index contributed by atoms with van der Waals surface area (Å²) in [4.78, 5) is 17.9. The Bertz CT molecular complexity index is 570. The van der Waals surface area contributed by atoms with Crippen LogP contribution < -0.4 is 0 Å². The normalized spacial score (nSPS) is 28.0. The zero-order valence-electron chi connectivity index (χ0n) is 15.9. The number of amides is 1. The molecule has 0 N–H and O–H groups in total. The Hall–Kier alpha value is -0.310. The van der Waals surface area contributed by atoms with Gasteiger partial charge in [-0.15, -0.1) is 0 Å². The number of carbonyl (C=O) groups excluding carboxylic acids is 1. The van der Waals surface area contributed by atoms with E-state index in [1.807, 2.05) is 11.8 Å². The predicted molar refractivity (Wildman–Crippen MR) is 107 cm³/mol. The van der Waals surface area contributed by atoms with Crippen LogP contribution in [0.4, 0.5) is 0 Å². The number of rotatable bonds is 4. The maximum Gasteiger partial charge on any atom is 0.226 e. The standard InChI is InChI=1S/C18H33N3O3S2/c1-26(23,24)20-11-6-16(7-12-20)18(22)21-10-5-13-25-15-17(21)14-19-8-3-2-4-9-19/h16-17H,2-15H2,1H3. The Morgan fingerprint density at radius 1 is 1.00 bits per heavy atom. The summed E-state index contributed by atoms with van der Waals surface area (Å²) in [7, 11) is -3.14. The summed E-state index contributed by atoms with van der Waals surface area (Å²) >= 11 is 1.98. The Morgan fingerprint density at radius 2 is 1.69 bits per heavy atom. The molecule has 3 fully saturated rings. The largest absolute Gasteiger partial charge is 0.337 e. The fourth-order valence-electron chi connectivity index (χ4n) is 4.38. The van der Waals surface area contributed by atoms with Gasteiger partial charge < -0.3 is 9.80 Å². The van der Waals surface area contributed by atoms with E-state index in [0.717, 1.165) is 44.1 Å². The highest BCUT2D eigenvalue weighted by Gasteiger charge is 2.35. The number of hydrogen-bond acceptors (Lipinski definition) is 5. The van der Waals surface area contributed by atoms with E-state index in [1.165, 1.54) is 29.8 Å². The molecule has 3 aliphatic rings. The quantitative estimate of drug-likeness (QED) is 0.712. The number of nitrogens with zero attached hydrogens (tertiary/aromatic N) is 3. The van der Waals surface area contributed by atoms with Gasteiger partial charge in [0, 0.05) is 37.8 Å². The molecule has 0 spiro atoms. The van der Waals surface area contributed by atoms with Crippen LogP contribution >= 0.6 is 11.8 Å². The van der Waals surface area contributed by atoms with E-state index < -0.39 is 10.0 Å². The molecule has 0 aromatic carbocycles. The lowest BCUT2D eigenvalue weighted by atomic mass is 9.95. The van der Waals surface area contributed by atoms with Crippen LogP contribution in [0.3, 0.4) is 0 Å². The molecule has 0 radical (unpaired) electrons. The van der Waals surface area contributed by atoms with Crippen molar-refractivity contribution in [2.75, 3.05) is 57.0 Å². The van der Waals surface area contributed by atoms with Gasteiger partial charge in [-0.05, 0) is 50.9 Å². The Morgan fingerprint density at radius 3 is 2.35 bits per heavy atom. The molecule has 150 valence electrons. The van der Waals surface area contributed by atoms with Crippen molar-refractivity contribution >= 4 is 27.7 Å². The molecule has 0 bridgehead atoms. The molecule has 1 unspecified atom stereocenters. The molecule has 0 aromatic rings. The van der Waals surface area contributed by atoms with Crippen molar-refractivity contribution in [3.63, 3.8) is 0 Å². The van der Waals surface area contributed by atoms with Gasteiger partial charge in [0.2, 0.25) is 15.9 Å². The molecule has 3 saturated heterocycles. The minimum atomic E-state index is -3.14. The Labute approximate surface area is 162 Å². The molecule has 3 heterocycles. The number of hydrogen-bond donors (Lipinski definition) is 0. The van der Waals surface area contributed by atoms with E-state index in [-0.39, 0.29) is 11.8 Å². The molecular weight excluding hydrogens is 370 g/mol. The van der Waals surface area contributed by atoms with Crippen LogP contribution in [0, 0.1) is 5.92 Å². The zero-order valence-corrected chi connectivity index (χ0v) is 17.6. The molecule has 3 aliphatic heterocycles. The van der Waals surface area contributed by atoms with E-state index in [2.05, 4.69) is 9.80 Å². The maximum absolute atomic E-state index is 13.2. The summed E-state index contributed by atoms with van der Waals surface area (Å²) in [5.74, 6) is 2.42. The summed E-state index contributed by atoms with van der Waals surface area (Å²) in [5, 5.41) is 0. The number of piperidine rings is 2. The number of likely N-dealkylation sites (tertiary alicyclic amines) is 1. The van der Waals surface area contributed by atoms with E-state index >= 15 is 0 Å². The van der Waals surface area contributed by atoms with Gasteiger partial charge in [0.05, 0.1) is 12.3 Å². The average Bonchev–Trinajstić information content (AvgIpc) is 2.87. The predicted octanol–water partition coefficient (Wildman–Crippen LogP) is 1.48. The van der Waals surface area contributed by atoms with Crippen molar-refractivity contribution in [2.24, 2.45) is 5.92 Å². The number of sulfonamides is 1. The van der Waals surface area contributed by atoms with Gasteiger partial charge in [0.15, 0.2) is 0 Å². The van der Waals surface area contributed by atoms with Gasteiger partial charge in [0.25, 0.3) is 0 Å². The molecule has 1 atom stereocenters. The fourth-order valence-corrected chi connectivity index (χ4v) is 6.31. The first-order chi connectivity index (χ1) is 12.4. The molecule has 26 heavy (non-hydrogen) atoms. The molecule has 8 heteroatoms. The van der Waals surface area contributed by atoms with E-state index in [1.54, 1.807) is 0 Å². The lowest BCUT2D eigenvalue weighted by molar-refractivity contribution is -0.139. The number of carbonyl (C=O) groups is 1. The van der Waals surface area contributed by atoms with E-state index in [4.69, 9.17) is 0 Å². The van der Waals surface area contributed by atoms with Crippen molar-refractivity contribution in [1.82, 2.24) is 14.1 Å². The summed E-state index contributed by atoms with van der Waals surface area (Å²) < 4.78 is 24.9. The zero-order chi connectivity index (χ0) is 18.6. The van der Waals surface area contributed by atoms with Crippen molar-refractivity contribution in [1.29, 1.82) is 0 Å². The molecule has 0 saturated carbocycles. The summed E-state index contributed by atoms with van der Waals surface area (Å²) in [6, 6.07) is 0.307. The summed E-state index contributed by atoms with van der Waals surface area (Å²) in [5.41, 5.74) is 0. The van der Waals surface area contributed by atoms with Gasteiger partial charge in [0.1, 0.15) is 0 Å². The SMILES string of the molecule is CS(=O)(=O)N1CCC(C(=O)N2CCCSCC2CN2CCCCC2)CC1. The highest BCUT2D eigenvalue weighted by molar-refractivity contribution is 7.99. The van der Waals surface area contributed by atoms with E-state index in [9.17, 15) is 13.2 Å². The molecule has 0 aromatic heterocycles. The Kier molecular flexibility index (Phi) is 7.27. The third-order valence-electron chi connectivity index (χ3n) is 5.91. The van der Waals surface area contributed by atoms with Crippen molar-refractivity contribution < 1.29 is 13.2 Å². The average molecular weight is 404 g/mol. The smallest absolute Gasteiger partial charge is 0.226 e. The second kappa shape index (κ2) is 9.26. The third kappa shape index (κ3) is 5.36. The second-order valence-corrected chi connectivity index (χ2v) is 11.0. The van der Waals surface area contributed by atoms with E-state index in [0.29, 0.717) is 32.0 Å². The molecule has 6 nitrogen and oxygen atoms in total. The molecular formula is C18H33N3O3S2. The van der Waals surface area contributed by atoms with Gasteiger partial charge in [-0.2, -0.15) is 11.8 Å². The topological polar surface area (TPSA) is 60.9 Å². The lowest BCUT2D eigenvalue weighted by Gasteiger charge is -2.38. The van der Waals surface area contributed by atoms with Crippen molar-refractivity contribution in [3.05, 3.63) is 0 Å². The van der Waals surface area contributed by atoms with Crippen LogP contribution in [0.1, 0.15) is 38.5 Å². The first kappa shape index (κ1) is 20.4. The van der Waals surface area contributed by atoms with Gasteiger partial charge in [-0.1, -0.05) is 6.42 Å². The second-order valence-electron chi connectivity index (χ2n) is 7.91. The lowest BCUT2D eigenvalue weighted by Crippen LogP contribution is -2.52. The highest BCUT2D eigenvalue weighted by atomic mass is 32.2. The van der Waals surface area contributed by atoms with Crippen LogP contribution in [0.2, 0.25) is 0 Å². The molecule has 3 rings (SSSR count). The minimum absolute atomic E-state index is 0.0139. The van der Waals surface area contributed by atoms with Crippen molar-refractivity contribution in [2.45, 2.75) is 44.6 Å². The van der Waals surface area contributed by atoms with Crippen molar-refractivity contribution in [3.8, 4) is 0 Å². The van der Waals surface area contributed by atoms with Crippen LogP contribution in [0.15, 0.2) is 0 Å². The first-order valence-corrected chi connectivity index (χ1v) is 13.0. The van der Waals surface area contributed by atoms with Gasteiger partial charge >= 0.3 is 0 Å². The van der Waals surface area contributed by atoms with Crippen LogP contribution in [-0.4, -0.2) is 91.5 Å². The third-order valence-corrected chi connectivity index (χ3v) is 8.41. The van der Waals surface area contributed by atoms with Crippen LogP contribution in [-0.2, 0) is 14.8 Å². The molecule has 1 amide bonds.